The average molecular weight is 488 g/mol. The van der Waals surface area contributed by atoms with Gasteiger partial charge < -0.3 is 19.9 Å². The van der Waals surface area contributed by atoms with Crippen molar-refractivity contribution in [3.63, 3.8) is 0 Å². The van der Waals surface area contributed by atoms with Crippen molar-refractivity contribution in [3.8, 4) is 11.8 Å². The average Bonchev–Trinajstić information content (AvgIpc) is 3.21. The molecule has 3 aromatic rings. The van der Waals surface area contributed by atoms with Crippen LogP contribution in [0.1, 0.15) is 30.3 Å². The molecule has 1 atom stereocenters. The summed E-state index contributed by atoms with van der Waals surface area (Å²) >= 11 is 0. The summed E-state index contributed by atoms with van der Waals surface area (Å²) < 4.78 is 45.0. The third-order valence-corrected chi connectivity index (χ3v) is 6.13. The van der Waals surface area contributed by atoms with E-state index in [2.05, 4.69) is 25.4 Å². The minimum atomic E-state index is -4.56. The van der Waals surface area contributed by atoms with Crippen LogP contribution in [0, 0.1) is 0 Å². The summed E-state index contributed by atoms with van der Waals surface area (Å²) in [5, 5.41) is 6.61. The molecular weight excluding hydrogens is 465 g/mol. The number of likely N-dealkylation sites (N-methyl/N-ethyl adjacent to an activating group) is 1. The van der Waals surface area contributed by atoms with Crippen molar-refractivity contribution in [3.05, 3.63) is 41.3 Å². The number of carbonyl (C=O) groups is 1. The van der Waals surface area contributed by atoms with E-state index in [1.165, 1.54) is 7.05 Å². The molecule has 5 heterocycles. The molecule has 2 aliphatic rings. The maximum atomic E-state index is 12.8. The number of alkyl halides is 3. The normalized spacial score (nSPS) is 17.4. The van der Waals surface area contributed by atoms with Crippen LogP contribution in [-0.2, 0) is 31.0 Å². The van der Waals surface area contributed by atoms with E-state index >= 15 is 0 Å². The highest BCUT2D eigenvalue weighted by atomic mass is 19.4. The van der Waals surface area contributed by atoms with Crippen molar-refractivity contribution < 1.29 is 22.7 Å². The summed E-state index contributed by atoms with van der Waals surface area (Å²) in [6.07, 6.45) is -1.39. The highest BCUT2D eigenvalue weighted by Crippen LogP contribution is 2.39. The van der Waals surface area contributed by atoms with Crippen molar-refractivity contribution in [2.75, 3.05) is 28.7 Å². The summed E-state index contributed by atoms with van der Waals surface area (Å²) in [6, 6.07) is 3.82. The van der Waals surface area contributed by atoms with E-state index in [0.717, 1.165) is 46.4 Å². The second-order valence-corrected chi connectivity index (χ2v) is 8.50. The highest BCUT2D eigenvalue weighted by molar-refractivity contribution is 6.05. The lowest BCUT2D eigenvalue weighted by atomic mass is 10.0. The van der Waals surface area contributed by atoms with Gasteiger partial charge in [0.05, 0.1) is 5.69 Å². The number of nitrogens with one attached hydrogen (secondary N) is 1. The Morgan fingerprint density at radius 1 is 1.23 bits per heavy atom. The number of nitrogens with zero attached hydrogens (tertiary/aromatic N) is 7. The van der Waals surface area contributed by atoms with Crippen LogP contribution in [0.5, 0.6) is 11.8 Å². The van der Waals surface area contributed by atoms with Gasteiger partial charge in [-0.15, -0.1) is 0 Å². The molecule has 0 aromatic carbocycles. The summed E-state index contributed by atoms with van der Waals surface area (Å²) in [5.41, 5.74) is 1.39. The van der Waals surface area contributed by atoms with Crippen LogP contribution >= 0.6 is 0 Å². The lowest BCUT2D eigenvalue weighted by Gasteiger charge is -2.41. The van der Waals surface area contributed by atoms with Crippen LogP contribution in [0.4, 0.5) is 30.6 Å². The maximum Gasteiger partial charge on any atom is 0.435 e. The van der Waals surface area contributed by atoms with Crippen molar-refractivity contribution in [2.24, 2.45) is 7.05 Å². The molecule has 0 spiro atoms. The van der Waals surface area contributed by atoms with Crippen molar-refractivity contribution in [1.29, 1.82) is 0 Å². The van der Waals surface area contributed by atoms with Gasteiger partial charge >= 0.3 is 6.18 Å². The van der Waals surface area contributed by atoms with Gasteiger partial charge in [0.25, 0.3) is 0 Å². The van der Waals surface area contributed by atoms with Crippen LogP contribution in [0.25, 0.3) is 0 Å². The molecule has 0 aliphatic carbocycles. The SMILES string of the molecule is C[C@H]1C(=O)N2CCCc3nc(NCc4ccc(Oc5cc(C(F)(F)F)nn5C)nc4)nc(c32)N1C. The fourth-order valence-electron chi connectivity index (χ4n) is 4.12. The molecule has 35 heavy (non-hydrogen) atoms. The first kappa shape index (κ1) is 22.9. The van der Waals surface area contributed by atoms with Crippen LogP contribution in [0.2, 0.25) is 0 Å². The van der Waals surface area contributed by atoms with E-state index < -0.39 is 11.9 Å². The lowest BCUT2D eigenvalue weighted by Crippen LogP contribution is -2.53. The van der Waals surface area contributed by atoms with Crippen LogP contribution in [-0.4, -0.2) is 50.3 Å². The van der Waals surface area contributed by atoms with E-state index in [4.69, 9.17) is 4.74 Å². The second-order valence-electron chi connectivity index (χ2n) is 8.50. The molecule has 2 aliphatic heterocycles. The number of anilines is 3. The number of aromatic nitrogens is 5. The summed E-state index contributed by atoms with van der Waals surface area (Å²) in [6.45, 7) is 2.90. The molecule has 5 rings (SSSR count). The van der Waals surface area contributed by atoms with Crippen molar-refractivity contribution in [1.82, 2.24) is 24.7 Å². The Morgan fingerprint density at radius 3 is 2.71 bits per heavy atom. The fourth-order valence-corrected chi connectivity index (χ4v) is 4.12. The Bertz CT molecular complexity index is 1270. The van der Waals surface area contributed by atoms with Crippen LogP contribution in [0.15, 0.2) is 24.4 Å². The minimum absolute atomic E-state index is 0.0550. The van der Waals surface area contributed by atoms with Crippen LogP contribution < -0.4 is 19.9 Å². The number of hydrogen-bond donors (Lipinski definition) is 1. The standard InChI is InChI=1S/C22H23F3N8O2/c1-12-20(34)33-8-4-5-14-18(33)19(31(12)2)29-21(28-14)27-11-13-6-7-16(26-10-13)35-17-9-15(22(23,24)25)30-32(17)3/h6-7,9-10,12H,4-5,8,11H2,1-3H3,(H,27,28,29)/t12-/m0/s1. The third-order valence-electron chi connectivity index (χ3n) is 6.13. The fraction of sp³-hybridized carbons (Fsp3) is 0.409. The first-order chi connectivity index (χ1) is 16.6. The maximum absolute atomic E-state index is 12.8. The lowest BCUT2D eigenvalue weighted by molar-refractivity contribution is -0.141. The van der Waals surface area contributed by atoms with Gasteiger partial charge in [0.1, 0.15) is 11.7 Å². The first-order valence-corrected chi connectivity index (χ1v) is 11.0. The molecule has 13 heteroatoms. The van der Waals surface area contributed by atoms with Gasteiger partial charge in [-0.25, -0.2) is 14.6 Å². The molecule has 0 bridgehead atoms. The highest BCUT2D eigenvalue weighted by Gasteiger charge is 2.39. The molecule has 1 amide bonds. The number of rotatable bonds is 5. The van der Waals surface area contributed by atoms with Gasteiger partial charge in [0.15, 0.2) is 11.5 Å². The molecule has 1 N–H and O–H groups in total. The van der Waals surface area contributed by atoms with E-state index in [0.29, 0.717) is 19.0 Å². The number of halogens is 3. The first-order valence-electron chi connectivity index (χ1n) is 11.0. The summed E-state index contributed by atoms with van der Waals surface area (Å²) in [5.74, 6) is 1.29. The molecule has 184 valence electrons. The quantitative estimate of drug-likeness (QED) is 0.585. The van der Waals surface area contributed by atoms with Gasteiger partial charge in [-0.2, -0.15) is 23.3 Å². The smallest absolute Gasteiger partial charge is 0.421 e. The van der Waals surface area contributed by atoms with Gasteiger partial charge in [-0.1, -0.05) is 6.07 Å². The van der Waals surface area contributed by atoms with E-state index in [-0.39, 0.29) is 23.7 Å². The summed E-state index contributed by atoms with van der Waals surface area (Å²) in [7, 11) is 3.21. The Kier molecular flexibility index (Phi) is 5.49. The van der Waals surface area contributed by atoms with Crippen LogP contribution in [0.3, 0.4) is 0 Å². The Morgan fingerprint density at radius 2 is 2.03 bits per heavy atom. The number of hydrogen-bond acceptors (Lipinski definition) is 8. The van der Waals surface area contributed by atoms with Crippen molar-refractivity contribution in [2.45, 2.75) is 38.5 Å². The molecular formula is C22H23F3N8O2. The summed E-state index contributed by atoms with van der Waals surface area (Å²) in [4.78, 5) is 29.8. The van der Waals surface area contributed by atoms with Gasteiger partial charge in [0, 0.05) is 45.5 Å². The molecule has 0 unspecified atom stereocenters. The minimum Gasteiger partial charge on any atom is -0.421 e. The molecule has 10 nitrogen and oxygen atoms in total. The zero-order valence-electron chi connectivity index (χ0n) is 19.3. The van der Waals surface area contributed by atoms with Crippen molar-refractivity contribution >= 4 is 23.4 Å². The number of pyridine rings is 1. The molecule has 0 saturated heterocycles. The molecule has 0 fully saturated rings. The van der Waals surface area contributed by atoms with Gasteiger partial charge in [-0.3, -0.25) is 4.79 Å². The monoisotopic (exact) mass is 488 g/mol. The number of ether oxygens (including phenoxy) is 1. The molecule has 0 radical (unpaired) electrons. The number of amides is 1. The predicted octanol–water partition coefficient (Wildman–Crippen LogP) is 3.15. The predicted molar refractivity (Wildman–Crippen MR) is 120 cm³/mol. The Labute approximate surface area is 198 Å². The number of carbonyl (C=O) groups excluding carboxylic acids is 1. The Hall–Kier alpha value is -3.90. The van der Waals surface area contributed by atoms with E-state index in [1.807, 2.05) is 18.9 Å². The zero-order chi connectivity index (χ0) is 24.9. The second kappa shape index (κ2) is 8.40. The van der Waals surface area contributed by atoms with E-state index in [1.54, 1.807) is 23.2 Å². The molecule has 3 aromatic heterocycles. The number of aryl methyl sites for hydroxylation is 2. The van der Waals surface area contributed by atoms with Gasteiger partial charge in [-0.05, 0) is 25.3 Å². The zero-order valence-corrected chi connectivity index (χ0v) is 19.3. The third kappa shape index (κ3) is 4.21. The van der Waals surface area contributed by atoms with E-state index in [9.17, 15) is 18.0 Å². The van der Waals surface area contributed by atoms with Gasteiger partial charge in [0.2, 0.25) is 23.6 Å². The largest absolute Gasteiger partial charge is 0.435 e. The Balaban J connectivity index is 1.29. The molecule has 0 saturated carbocycles. The topological polar surface area (TPSA) is 101 Å².